The molecule has 0 spiro atoms. The summed E-state index contributed by atoms with van der Waals surface area (Å²) < 4.78 is 5.11. The van der Waals surface area contributed by atoms with Crippen LogP contribution in [0.15, 0.2) is 23.5 Å². The SMILES string of the molecule is COC(=O)[C@H]1CC[C@H]2[C@@H]3CCC4=CC(=O)C(=CO)C[C@]4(C)[C@H]3CC[C@]12C. The third kappa shape index (κ3) is 2.26. The first-order valence-electron chi connectivity index (χ1n) is 10.0. The van der Waals surface area contributed by atoms with Crippen LogP contribution in [0.25, 0.3) is 0 Å². The van der Waals surface area contributed by atoms with Crippen LogP contribution >= 0.6 is 0 Å². The maximum atomic E-state index is 12.3. The second kappa shape index (κ2) is 5.97. The average molecular weight is 358 g/mol. The summed E-state index contributed by atoms with van der Waals surface area (Å²) in [5, 5.41) is 9.51. The molecule has 4 aliphatic carbocycles. The first-order chi connectivity index (χ1) is 12.3. The minimum absolute atomic E-state index is 0.0225. The Morgan fingerprint density at radius 2 is 2.00 bits per heavy atom. The molecule has 0 saturated heterocycles. The average Bonchev–Trinajstić information content (AvgIpc) is 2.98. The molecule has 4 aliphatic rings. The fourth-order valence-corrected chi connectivity index (χ4v) is 7.18. The molecule has 0 unspecified atom stereocenters. The predicted molar refractivity (Wildman–Crippen MR) is 98.3 cm³/mol. The smallest absolute Gasteiger partial charge is 0.309 e. The van der Waals surface area contributed by atoms with Crippen LogP contribution in [0.1, 0.15) is 58.8 Å². The first kappa shape index (κ1) is 17.8. The van der Waals surface area contributed by atoms with Gasteiger partial charge < -0.3 is 9.84 Å². The fourth-order valence-electron chi connectivity index (χ4n) is 7.18. The van der Waals surface area contributed by atoms with Gasteiger partial charge >= 0.3 is 5.97 Å². The van der Waals surface area contributed by atoms with E-state index in [-0.39, 0.29) is 28.5 Å². The lowest BCUT2D eigenvalue weighted by Crippen LogP contribution is -2.51. The molecule has 26 heavy (non-hydrogen) atoms. The van der Waals surface area contributed by atoms with Gasteiger partial charge in [0.25, 0.3) is 0 Å². The molecule has 4 rings (SSSR count). The van der Waals surface area contributed by atoms with E-state index in [0.29, 0.717) is 29.7 Å². The molecule has 142 valence electrons. The number of ketones is 1. The quantitative estimate of drug-likeness (QED) is 0.430. The Balaban J connectivity index is 1.67. The van der Waals surface area contributed by atoms with Crippen molar-refractivity contribution in [1.82, 2.24) is 0 Å². The van der Waals surface area contributed by atoms with Crippen LogP contribution in [0.4, 0.5) is 0 Å². The van der Waals surface area contributed by atoms with Crippen molar-refractivity contribution in [3.05, 3.63) is 23.5 Å². The number of carbonyl (C=O) groups is 2. The van der Waals surface area contributed by atoms with Crippen molar-refractivity contribution in [3.63, 3.8) is 0 Å². The number of allylic oxidation sites excluding steroid dienone is 2. The van der Waals surface area contributed by atoms with Gasteiger partial charge in [-0.15, -0.1) is 0 Å². The number of carbonyl (C=O) groups excluding carboxylic acids is 2. The summed E-state index contributed by atoms with van der Waals surface area (Å²) in [5.41, 5.74) is 1.84. The van der Waals surface area contributed by atoms with Gasteiger partial charge in [0.05, 0.1) is 19.3 Å². The molecule has 0 aromatic heterocycles. The highest BCUT2D eigenvalue weighted by molar-refractivity contribution is 6.05. The Labute approximate surface area is 155 Å². The lowest BCUT2D eigenvalue weighted by molar-refractivity contribution is -0.152. The van der Waals surface area contributed by atoms with Crippen molar-refractivity contribution < 1.29 is 19.4 Å². The van der Waals surface area contributed by atoms with E-state index in [4.69, 9.17) is 4.74 Å². The standard InChI is InChI=1S/C22H30O4/c1-21-9-8-17-15(16(21)6-7-18(21)20(25)26-3)5-4-14-10-19(24)13(12-23)11-22(14,17)2/h10,12,15-18,23H,4-9,11H2,1-3H3/t15-,16-,17-,18+,21-,22-/m0/s1. The normalized spacial score (nSPS) is 46.2. The van der Waals surface area contributed by atoms with E-state index >= 15 is 0 Å². The van der Waals surface area contributed by atoms with E-state index in [1.807, 2.05) is 0 Å². The van der Waals surface area contributed by atoms with Crippen LogP contribution in [0.2, 0.25) is 0 Å². The molecule has 3 saturated carbocycles. The highest BCUT2D eigenvalue weighted by Crippen LogP contribution is 2.66. The molecule has 0 aromatic rings. The van der Waals surface area contributed by atoms with Crippen LogP contribution in [0.5, 0.6) is 0 Å². The van der Waals surface area contributed by atoms with Crippen molar-refractivity contribution in [2.45, 2.75) is 58.8 Å². The minimum atomic E-state index is -0.0372. The minimum Gasteiger partial charge on any atom is -0.515 e. The number of rotatable bonds is 1. The van der Waals surface area contributed by atoms with Gasteiger partial charge in [0, 0.05) is 5.57 Å². The Morgan fingerprint density at radius 3 is 2.69 bits per heavy atom. The number of methoxy groups -OCH3 is 1. The molecule has 4 nitrogen and oxygen atoms in total. The molecule has 0 aromatic carbocycles. The number of fused-ring (bicyclic) bond motifs is 5. The van der Waals surface area contributed by atoms with Crippen LogP contribution in [-0.4, -0.2) is 24.0 Å². The molecule has 0 bridgehead atoms. The summed E-state index contributed by atoms with van der Waals surface area (Å²) in [4.78, 5) is 24.6. The van der Waals surface area contributed by atoms with Gasteiger partial charge in [-0.1, -0.05) is 19.4 Å². The van der Waals surface area contributed by atoms with Crippen molar-refractivity contribution in [2.24, 2.45) is 34.5 Å². The van der Waals surface area contributed by atoms with Gasteiger partial charge in [0.2, 0.25) is 0 Å². The van der Waals surface area contributed by atoms with E-state index in [1.165, 1.54) is 12.7 Å². The fraction of sp³-hybridized carbons (Fsp3) is 0.727. The number of hydrogen-bond donors (Lipinski definition) is 1. The summed E-state index contributed by atoms with van der Waals surface area (Å²) in [6, 6.07) is 0. The molecular weight excluding hydrogens is 328 g/mol. The molecule has 3 fully saturated rings. The van der Waals surface area contributed by atoms with Gasteiger partial charge in [0.15, 0.2) is 5.78 Å². The Bertz CT molecular complexity index is 705. The van der Waals surface area contributed by atoms with Crippen molar-refractivity contribution >= 4 is 11.8 Å². The lowest BCUT2D eigenvalue weighted by Gasteiger charge is -2.58. The Hall–Kier alpha value is -1.58. The third-order valence-electron chi connectivity index (χ3n) is 8.56. The Kier molecular flexibility index (Phi) is 4.09. The van der Waals surface area contributed by atoms with E-state index in [1.54, 1.807) is 6.08 Å². The zero-order valence-electron chi connectivity index (χ0n) is 16.1. The highest BCUT2D eigenvalue weighted by atomic mass is 16.5. The van der Waals surface area contributed by atoms with Gasteiger partial charge in [0.1, 0.15) is 0 Å². The molecular formula is C22H30O4. The summed E-state index contributed by atoms with van der Waals surface area (Å²) in [6.45, 7) is 4.60. The first-order valence-corrected chi connectivity index (χ1v) is 10.0. The lowest BCUT2D eigenvalue weighted by atomic mass is 9.46. The number of ether oxygens (including phenoxy) is 1. The van der Waals surface area contributed by atoms with Gasteiger partial charge in [-0.25, -0.2) is 0 Å². The monoisotopic (exact) mass is 358 g/mol. The largest absolute Gasteiger partial charge is 0.515 e. The summed E-state index contributed by atoms with van der Waals surface area (Å²) in [5.74, 6) is 1.65. The summed E-state index contributed by atoms with van der Waals surface area (Å²) in [6.07, 6.45) is 9.73. The number of esters is 1. The maximum absolute atomic E-state index is 12.3. The second-order valence-corrected chi connectivity index (χ2v) is 9.40. The van der Waals surface area contributed by atoms with Crippen molar-refractivity contribution in [2.75, 3.05) is 7.11 Å². The molecule has 6 atom stereocenters. The van der Waals surface area contributed by atoms with Crippen molar-refractivity contribution in [1.29, 1.82) is 0 Å². The summed E-state index contributed by atoms with van der Waals surface area (Å²) in [7, 11) is 1.51. The molecule has 0 radical (unpaired) electrons. The van der Waals surface area contributed by atoms with Crippen LogP contribution in [0.3, 0.4) is 0 Å². The molecule has 1 N–H and O–H groups in total. The van der Waals surface area contributed by atoms with Gasteiger partial charge in [-0.2, -0.15) is 0 Å². The summed E-state index contributed by atoms with van der Waals surface area (Å²) >= 11 is 0. The van der Waals surface area contributed by atoms with E-state index < -0.39 is 0 Å². The van der Waals surface area contributed by atoms with Gasteiger partial charge in [-0.05, 0) is 79.6 Å². The highest BCUT2D eigenvalue weighted by Gasteiger charge is 2.60. The van der Waals surface area contributed by atoms with Crippen LogP contribution in [-0.2, 0) is 14.3 Å². The predicted octanol–water partition coefficient (Wildman–Crippen LogP) is 4.36. The van der Waals surface area contributed by atoms with Crippen molar-refractivity contribution in [3.8, 4) is 0 Å². The van der Waals surface area contributed by atoms with Crippen LogP contribution < -0.4 is 0 Å². The van der Waals surface area contributed by atoms with Gasteiger partial charge in [-0.3, -0.25) is 9.59 Å². The zero-order chi connectivity index (χ0) is 18.7. The van der Waals surface area contributed by atoms with E-state index in [2.05, 4.69) is 13.8 Å². The number of aliphatic hydroxyl groups excluding tert-OH is 1. The third-order valence-corrected chi connectivity index (χ3v) is 8.56. The zero-order valence-corrected chi connectivity index (χ0v) is 16.1. The topological polar surface area (TPSA) is 63.6 Å². The Morgan fingerprint density at radius 1 is 1.23 bits per heavy atom. The molecule has 0 aliphatic heterocycles. The second-order valence-electron chi connectivity index (χ2n) is 9.40. The molecule has 0 heterocycles. The maximum Gasteiger partial charge on any atom is 0.309 e. The number of aliphatic hydroxyl groups is 1. The van der Waals surface area contributed by atoms with E-state index in [0.717, 1.165) is 44.8 Å². The molecule has 4 heteroatoms. The van der Waals surface area contributed by atoms with Crippen LogP contribution in [0, 0.1) is 34.5 Å². The van der Waals surface area contributed by atoms with E-state index in [9.17, 15) is 14.7 Å². The molecule has 0 amide bonds. The number of hydrogen-bond acceptors (Lipinski definition) is 4.